The van der Waals surface area contributed by atoms with Gasteiger partial charge in [-0.25, -0.2) is 0 Å². The Balaban J connectivity index is 0. The maximum atomic E-state index is 10.5. The Bertz CT molecular complexity index is 161. The lowest BCUT2D eigenvalue weighted by atomic mass is 10.1. The standard InChI is InChI=1S/C6H12O6.C2H6O/c7-1-3(9)5(11)6(12)4(10)2-8;1-2-3/h3,5-9,11-12H,1-2H2;3H,2H2,1H3. The molecule has 3 atom stereocenters. The molecule has 0 saturated heterocycles. The lowest BCUT2D eigenvalue weighted by Crippen LogP contribution is -2.44. The van der Waals surface area contributed by atoms with Crippen LogP contribution in [-0.2, 0) is 4.79 Å². The van der Waals surface area contributed by atoms with Crippen LogP contribution in [-0.4, -0.2) is 74.6 Å². The minimum atomic E-state index is -1.86. The van der Waals surface area contributed by atoms with E-state index in [1.165, 1.54) is 0 Å². The van der Waals surface area contributed by atoms with E-state index >= 15 is 0 Å². The topological polar surface area (TPSA) is 138 Å². The van der Waals surface area contributed by atoms with Crippen molar-refractivity contribution in [2.75, 3.05) is 19.8 Å². The van der Waals surface area contributed by atoms with Gasteiger partial charge in [0.25, 0.3) is 0 Å². The third kappa shape index (κ3) is 7.37. The molecule has 0 aliphatic carbocycles. The molecule has 0 radical (unpaired) electrons. The summed E-state index contributed by atoms with van der Waals surface area (Å²) in [6.07, 6.45) is -5.22. The van der Waals surface area contributed by atoms with Crippen LogP contribution < -0.4 is 0 Å². The number of carbonyl (C=O) groups is 1. The molecule has 0 amide bonds. The molecule has 92 valence electrons. The van der Waals surface area contributed by atoms with Gasteiger partial charge < -0.3 is 30.6 Å². The molecule has 0 aromatic rings. The van der Waals surface area contributed by atoms with Crippen molar-refractivity contribution in [3.8, 4) is 0 Å². The summed E-state index contributed by atoms with van der Waals surface area (Å²) in [7, 11) is 0. The van der Waals surface area contributed by atoms with Gasteiger partial charge in [0, 0.05) is 6.61 Å². The monoisotopic (exact) mass is 226 g/mol. The van der Waals surface area contributed by atoms with Crippen molar-refractivity contribution in [1.82, 2.24) is 0 Å². The number of aliphatic hydroxyl groups excluding tert-OH is 6. The summed E-state index contributed by atoms with van der Waals surface area (Å²) in [6.45, 7) is 0.243. The van der Waals surface area contributed by atoms with Crippen LogP contribution in [0.1, 0.15) is 6.92 Å². The molecule has 7 nitrogen and oxygen atoms in total. The summed E-state index contributed by atoms with van der Waals surface area (Å²) in [5, 5.41) is 50.6. The number of carbonyl (C=O) groups excluding carboxylic acids is 1. The van der Waals surface area contributed by atoms with Gasteiger partial charge >= 0.3 is 0 Å². The summed E-state index contributed by atoms with van der Waals surface area (Å²) >= 11 is 0. The molecule has 0 aromatic carbocycles. The fraction of sp³-hybridized carbons (Fsp3) is 0.875. The number of Topliss-reactive ketones (excluding diaryl/α,β-unsaturated/α-hetero) is 1. The van der Waals surface area contributed by atoms with Crippen LogP contribution in [0.15, 0.2) is 0 Å². The zero-order valence-corrected chi connectivity index (χ0v) is 8.44. The smallest absolute Gasteiger partial charge is 0.189 e. The summed E-state index contributed by atoms with van der Waals surface area (Å²) < 4.78 is 0. The van der Waals surface area contributed by atoms with Crippen molar-refractivity contribution in [3.63, 3.8) is 0 Å². The molecule has 0 bridgehead atoms. The maximum absolute atomic E-state index is 10.5. The molecule has 7 heteroatoms. The predicted octanol–water partition coefficient (Wildman–Crippen LogP) is -3.38. The highest BCUT2D eigenvalue weighted by atomic mass is 16.4. The molecule has 15 heavy (non-hydrogen) atoms. The van der Waals surface area contributed by atoms with E-state index in [1.54, 1.807) is 6.92 Å². The Hall–Kier alpha value is -0.570. The molecule has 0 saturated carbocycles. The second-order valence-electron chi connectivity index (χ2n) is 2.63. The Morgan fingerprint density at radius 3 is 1.80 bits per heavy atom. The zero-order valence-electron chi connectivity index (χ0n) is 8.44. The SMILES string of the molecule is CCO.O=C(CO)C(O)C(O)C(O)CO. The van der Waals surface area contributed by atoms with E-state index < -0.39 is 37.3 Å². The van der Waals surface area contributed by atoms with Crippen molar-refractivity contribution in [2.45, 2.75) is 25.2 Å². The fourth-order valence-electron chi connectivity index (χ4n) is 0.602. The van der Waals surface area contributed by atoms with E-state index in [0.29, 0.717) is 0 Å². The van der Waals surface area contributed by atoms with E-state index in [2.05, 4.69) is 0 Å². The number of rotatable bonds is 5. The molecule has 6 N–H and O–H groups in total. The van der Waals surface area contributed by atoms with Crippen LogP contribution in [0, 0.1) is 0 Å². The van der Waals surface area contributed by atoms with E-state index in [1.807, 2.05) is 0 Å². The number of hydrogen-bond donors (Lipinski definition) is 6. The lowest BCUT2D eigenvalue weighted by Gasteiger charge is -2.19. The minimum absolute atomic E-state index is 0.250. The molecule has 0 heterocycles. The first-order valence-electron chi connectivity index (χ1n) is 4.35. The minimum Gasteiger partial charge on any atom is -0.397 e. The van der Waals surface area contributed by atoms with Crippen LogP contribution in [0.5, 0.6) is 0 Å². The van der Waals surface area contributed by atoms with Gasteiger partial charge in [-0.05, 0) is 6.92 Å². The fourth-order valence-corrected chi connectivity index (χ4v) is 0.602. The lowest BCUT2D eigenvalue weighted by molar-refractivity contribution is -0.142. The van der Waals surface area contributed by atoms with E-state index in [-0.39, 0.29) is 6.61 Å². The van der Waals surface area contributed by atoms with Crippen molar-refractivity contribution in [1.29, 1.82) is 0 Å². The average molecular weight is 226 g/mol. The van der Waals surface area contributed by atoms with Gasteiger partial charge in [0.05, 0.1) is 6.61 Å². The molecule has 0 fully saturated rings. The molecule has 0 aliphatic heterocycles. The summed E-state index contributed by atoms with van der Waals surface area (Å²) in [5.41, 5.74) is 0. The predicted molar refractivity (Wildman–Crippen MR) is 50.0 cm³/mol. The molecular weight excluding hydrogens is 208 g/mol. The first kappa shape index (κ1) is 16.8. The highest BCUT2D eigenvalue weighted by Crippen LogP contribution is 2.00. The van der Waals surface area contributed by atoms with Gasteiger partial charge in [0.1, 0.15) is 24.9 Å². The summed E-state index contributed by atoms with van der Waals surface area (Å²) in [5.74, 6) is -1.00. The Labute approximate surface area is 87.2 Å². The van der Waals surface area contributed by atoms with Gasteiger partial charge in [0.2, 0.25) is 0 Å². The molecule has 0 spiro atoms. The first-order valence-corrected chi connectivity index (χ1v) is 4.35. The number of hydrogen-bond acceptors (Lipinski definition) is 7. The van der Waals surface area contributed by atoms with Crippen molar-refractivity contribution in [2.24, 2.45) is 0 Å². The molecule has 3 unspecified atom stereocenters. The van der Waals surface area contributed by atoms with Crippen molar-refractivity contribution < 1.29 is 35.4 Å². The molecule has 0 rings (SSSR count). The highest BCUT2D eigenvalue weighted by molar-refractivity contribution is 5.84. The largest absolute Gasteiger partial charge is 0.397 e. The number of aliphatic hydroxyl groups is 6. The Kier molecular flexibility index (Phi) is 11.2. The van der Waals surface area contributed by atoms with E-state index in [9.17, 15) is 4.79 Å². The zero-order chi connectivity index (χ0) is 12.4. The first-order chi connectivity index (χ1) is 6.95. The third-order valence-corrected chi connectivity index (χ3v) is 1.39. The van der Waals surface area contributed by atoms with Crippen molar-refractivity contribution >= 4 is 5.78 Å². The van der Waals surface area contributed by atoms with Gasteiger partial charge in [-0.1, -0.05) is 0 Å². The Morgan fingerprint density at radius 1 is 1.13 bits per heavy atom. The second-order valence-corrected chi connectivity index (χ2v) is 2.63. The van der Waals surface area contributed by atoms with Gasteiger partial charge in [0.15, 0.2) is 5.78 Å². The molecule has 0 aromatic heterocycles. The average Bonchev–Trinajstić information content (AvgIpc) is 2.25. The second kappa shape index (κ2) is 9.97. The quantitative estimate of drug-likeness (QED) is 0.287. The van der Waals surface area contributed by atoms with Crippen LogP contribution in [0.4, 0.5) is 0 Å². The Morgan fingerprint density at radius 2 is 1.53 bits per heavy atom. The summed E-state index contributed by atoms with van der Waals surface area (Å²) in [6, 6.07) is 0. The van der Waals surface area contributed by atoms with Crippen LogP contribution >= 0.6 is 0 Å². The number of ketones is 1. The van der Waals surface area contributed by atoms with Crippen LogP contribution in [0.3, 0.4) is 0 Å². The third-order valence-electron chi connectivity index (χ3n) is 1.39. The maximum Gasteiger partial charge on any atom is 0.189 e. The molecule has 0 aliphatic rings. The normalized spacial score (nSPS) is 15.9. The van der Waals surface area contributed by atoms with Gasteiger partial charge in [-0.3, -0.25) is 4.79 Å². The highest BCUT2D eigenvalue weighted by Gasteiger charge is 2.28. The van der Waals surface area contributed by atoms with Crippen LogP contribution in [0.2, 0.25) is 0 Å². The van der Waals surface area contributed by atoms with Crippen molar-refractivity contribution in [3.05, 3.63) is 0 Å². The van der Waals surface area contributed by atoms with Gasteiger partial charge in [-0.2, -0.15) is 0 Å². The van der Waals surface area contributed by atoms with E-state index in [0.717, 1.165) is 0 Å². The van der Waals surface area contributed by atoms with E-state index in [4.69, 9.17) is 30.6 Å². The summed E-state index contributed by atoms with van der Waals surface area (Å²) in [4.78, 5) is 10.5. The van der Waals surface area contributed by atoms with Crippen LogP contribution in [0.25, 0.3) is 0 Å². The van der Waals surface area contributed by atoms with Gasteiger partial charge in [-0.15, -0.1) is 0 Å². The molecular formula is C8H18O7.